The van der Waals surface area contributed by atoms with E-state index in [4.69, 9.17) is 14.3 Å². The topological polar surface area (TPSA) is 71.7 Å². The number of carboxylic acids is 1. The first-order valence-electron chi connectivity index (χ1n) is 6.18. The van der Waals surface area contributed by atoms with Gasteiger partial charge in [-0.15, -0.1) is 0 Å². The SMILES string of the molecule is CC(C)CCOCCNCc1cc(C(=O)O)co1. The molecule has 0 bridgehead atoms. The Balaban J connectivity index is 2.05. The highest BCUT2D eigenvalue weighted by molar-refractivity contribution is 5.87. The van der Waals surface area contributed by atoms with Crippen LogP contribution >= 0.6 is 0 Å². The van der Waals surface area contributed by atoms with Crippen molar-refractivity contribution < 1.29 is 19.1 Å². The van der Waals surface area contributed by atoms with Crippen LogP contribution in [0.1, 0.15) is 36.4 Å². The van der Waals surface area contributed by atoms with Crippen molar-refractivity contribution in [2.24, 2.45) is 5.92 Å². The molecule has 0 unspecified atom stereocenters. The molecule has 0 aliphatic carbocycles. The molecule has 0 amide bonds. The van der Waals surface area contributed by atoms with Gasteiger partial charge in [0.1, 0.15) is 12.0 Å². The maximum Gasteiger partial charge on any atom is 0.338 e. The molecule has 0 atom stereocenters. The van der Waals surface area contributed by atoms with E-state index in [2.05, 4.69) is 19.2 Å². The summed E-state index contributed by atoms with van der Waals surface area (Å²) in [4.78, 5) is 10.6. The number of hydrogen-bond donors (Lipinski definition) is 2. The molecule has 5 heteroatoms. The molecule has 1 aromatic rings. The van der Waals surface area contributed by atoms with E-state index < -0.39 is 5.97 Å². The van der Waals surface area contributed by atoms with Crippen LogP contribution in [0, 0.1) is 5.92 Å². The Labute approximate surface area is 107 Å². The number of aromatic carboxylic acids is 1. The summed E-state index contributed by atoms with van der Waals surface area (Å²) in [6.07, 6.45) is 2.32. The van der Waals surface area contributed by atoms with Crippen LogP contribution in [0.15, 0.2) is 16.7 Å². The van der Waals surface area contributed by atoms with Gasteiger partial charge < -0.3 is 19.6 Å². The van der Waals surface area contributed by atoms with E-state index in [0.717, 1.165) is 19.6 Å². The Hall–Kier alpha value is -1.33. The fraction of sp³-hybridized carbons (Fsp3) is 0.615. The highest BCUT2D eigenvalue weighted by atomic mass is 16.5. The van der Waals surface area contributed by atoms with Gasteiger partial charge in [0.15, 0.2) is 0 Å². The molecule has 1 aromatic heterocycles. The molecule has 0 aliphatic heterocycles. The number of furan rings is 1. The summed E-state index contributed by atoms with van der Waals surface area (Å²) in [5.74, 6) is 0.312. The molecule has 0 saturated heterocycles. The second-order valence-corrected chi connectivity index (χ2v) is 4.58. The molecule has 0 aromatic carbocycles. The van der Waals surface area contributed by atoms with Gasteiger partial charge in [0.25, 0.3) is 0 Å². The van der Waals surface area contributed by atoms with Crippen LogP contribution in [0.2, 0.25) is 0 Å². The lowest BCUT2D eigenvalue weighted by molar-refractivity contribution is 0.0696. The number of rotatable bonds is 9. The van der Waals surface area contributed by atoms with Crippen LogP contribution in [0.4, 0.5) is 0 Å². The molecular weight excluding hydrogens is 234 g/mol. The standard InChI is InChI=1S/C13H21NO4/c1-10(2)3-5-17-6-4-14-8-12-7-11(9-18-12)13(15)16/h7,9-10,14H,3-6,8H2,1-2H3,(H,15,16). The molecule has 0 aliphatic rings. The normalized spacial score (nSPS) is 11.1. The highest BCUT2D eigenvalue weighted by Crippen LogP contribution is 2.07. The second kappa shape index (κ2) is 7.89. The summed E-state index contributed by atoms with van der Waals surface area (Å²) in [7, 11) is 0. The lowest BCUT2D eigenvalue weighted by atomic mass is 10.1. The third kappa shape index (κ3) is 5.84. The molecule has 102 valence electrons. The average Bonchev–Trinajstić information content (AvgIpc) is 2.76. The van der Waals surface area contributed by atoms with Gasteiger partial charge in [-0.2, -0.15) is 0 Å². The predicted molar refractivity (Wildman–Crippen MR) is 67.6 cm³/mol. The van der Waals surface area contributed by atoms with Crippen LogP contribution in [-0.4, -0.2) is 30.8 Å². The summed E-state index contributed by atoms with van der Waals surface area (Å²) in [6, 6.07) is 1.52. The smallest absolute Gasteiger partial charge is 0.338 e. The Morgan fingerprint density at radius 1 is 1.50 bits per heavy atom. The zero-order valence-corrected chi connectivity index (χ0v) is 10.9. The van der Waals surface area contributed by atoms with Crippen LogP contribution in [0.25, 0.3) is 0 Å². The van der Waals surface area contributed by atoms with E-state index in [9.17, 15) is 4.79 Å². The van der Waals surface area contributed by atoms with Gasteiger partial charge in [-0.25, -0.2) is 4.79 Å². The van der Waals surface area contributed by atoms with Crippen LogP contribution in [0.5, 0.6) is 0 Å². The summed E-state index contributed by atoms with van der Waals surface area (Å²) < 4.78 is 10.5. The molecule has 1 rings (SSSR count). The maximum absolute atomic E-state index is 10.6. The van der Waals surface area contributed by atoms with Gasteiger partial charge in [-0.05, 0) is 18.4 Å². The van der Waals surface area contributed by atoms with Gasteiger partial charge in [-0.3, -0.25) is 0 Å². The Bertz CT molecular complexity index is 360. The van der Waals surface area contributed by atoms with Crippen molar-refractivity contribution >= 4 is 5.97 Å². The minimum atomic E-state index is -0.970. The van der Waals surface area contributed by atoms with Crippen molar-refractivity contribution in [3.8, 4) is 0 Å². The first-order valence-corrected chi connectivity index (χ1v) is 6.18. The minimum absolute atomic E-state index is 0.181. The van der Waals surface area contributed by atoms with Crippen LogP contribution in [0.3, 0.4) is 0 Å². The van der Waals surface area contributed by atoms with Gasteiger partial charge in [0, 0.05) is 13.2 Å². The number of ether oxygens (including phenoxy) is 1. The molecule has 0 radical (unpaired) electrons. The molecule has 18 heavy (non-hydrogen) atoms. The number of carboxylic acid groups (broad SMARTS) is 1. The van der Waals surface area contributed by atoms with Crippen molar-refractivity contribution in [1.82, 2.24) is 5.32 Å². The lowest BCUT2D eigenvalue weighted by Crippen LogP contribution is -2.19. The molecule has 1 heterocycles. The zero-order chi connectivity index (χ0) is 13.4. The molecular formula is C13H21NO4. The fourth-order valence-electron chi connectivity index (χ4n) is 1.36. The highest BCUT2D eigenvalue weighted by Gasteiger charge is 2.07. The molecule has 5 nitrogen and oxygen atoms in total. The van der Waals surface area contributed by atoms with E-state index in [1.807, 2.05) is 0 Å². The van der Waals surface area contributed by atoms with Crippen LogP contribution < -0.4 is 5.32 Å². The van der Waals surface area contributed by atoms with Gasteiger partial charge >= 0.3 is 5.97 Å². The first kappa shape index (κ1) is 14.7. The molecule has 0 saturated carbocycles. The van der Waals surface area contributed by atoms with Gasteiger partial charge in [-0.1, -0.05) is 13.8 Å². The van der Waals surface area contributed by atoms with Gasteiger partial charge in [0.2, 0.25) is 0 Å². The zero-order valence-electron chi connectivity index (χ0n) is 10.9. The van der Waals surface area contributed by atoms with E-state index in [0.29, 0.717) is 24.8 Å². The van der Waals surface area contributed by atoms with E-state index >= 15 is 0 Å². The second-order valence-electron chi connectivity index (χ2n) is 4.58. The van der Waals surface area contributed by atoms with Crippen molar-refractivity contribution in [2.75, 3.05) is 19.8 Å². The average molecular weight is 255 g/mol. The third-order valence-electron chi connectivity index (χ3n) is 2.46. The van der Waals surface area contributed by atoms with Crippen molar-refractivity contribution in [3.05, 3.63) is 23.7 Å². The van der Waals surface area contributed by atoms with Crippen molar-refractivity contribution in [1.29, 1.82) is 0 Å². The summed E-state index contributed by atoms with van der Waals surface area (Å²) in [6.45, 7) is 7.00. The van der Waals surface area contributed by atoms with Crippen molar-refractivity contribution in [3.63, 3.8) is 0 Å². The Morgan fingerprint density at radius 2 is 2.28 bits per heavy atom. The summed E-state index contributed by atoms with van der Waals surface area (Å²) in [5, 5.41) is 11.8. The monoisotopic (exact) mass is 255 g/mol. The van der Waals surface area contributed by atoms with Crippen molar-refractivity contribution in [2.45, 2.75) is 26.8 Å². The lowest BCUT2D eigenvalue weighted by Gasteiger charge is -2.06. The largest absolute Gasteiger partial charge is 0.478 e. The summed E-state index contributed by atoms with van der Waals surface area (Å²) >= 11 is 0. The third-order valence-corrected chi connectivity index (χ3v) is 2.46. The number of nitrogens with one attached hydrogen (secondary N) is 1. The Kier molecular flexibility index (Phi) is 6.46. The minimum Gasteiger partial charge on any atom is -0.478 e. The number of carbonyl (C=O) groups is 1. The first-order chi connectivity index (χ1) is 8.59. The quantitative estimate of drug-likeness (QED) is 0.661. The fourth-order valence-corrected chi connectivity index (χ4v) is 1.36. The maximum atomic E-state index is 10.6. The molecule has 2 N–H and O–H groups in total. The Morgan fingerprint density at radius 3 is 2.89 bits per heavy atom. The summed E-state index contributed by atoms with van der Waals surface area (Å²) in [5.41, 5.74) is 0.181. The number of hydrogen-bond acceptors (Lipinski definition) is 4. The van der Waals surface area contributed by atoms with E-state index in [1.165, 1.54) is 12.3 Å². The van der Waals surface area contributed by atoms with Crippen LogP contribution in [-0.2, 0) is 11.3 Å². The predicted octanol–water partition coefficient (Wildman–Crippen LogP) is 2.13. The molecule has 0 spiro atoms. The van der Waals surface area contributed by atoms with Gasteiger partial charge in [0.05, 0.1) is 18.7 Å². The van der Waals surface area contributed by atoms with E-state index in [-0.39, 0.29) is 5.56 Å². The molecule has 0 fully saturated rings. The van der Waals surface area contributed by atoms with E-state index in [1.54, 1.807) is 0 Å².